The lowest BCUT2D eigenvalue weighted by molar-refractivity contribution is -0.137. The molecule has 126 valence electrons. The van der Waals surface area contributed by atoms with E-state index in [9.17, 15) is 18.0 Å². The van der Waals surface area contributed by atoms with Gasteiger partial charge in [0.05, 0.1) is 5.56 Å². The average Bonchev–Trinajstić information content (AvgIpc) is 2.61. The summed E-state index contributed by atoms with van der Waals surface area (Å²) in [5.74, 6) is -0.238. The van der Waals surface area contributed by atoms with Crippen molar-refractivity contribution in [3.8, 4) is 0 Å². The van der Waals surface area contributed by atoms with E-state index in [1.165, 1.54) is 12.1 Å². The van der Waals surface area contributed by atoms with Crippen LogP contribution in [0.25, 0.3) is 0 Å². The van der Waals surface area contributed by atoms with Crippen LogP contribution in [0.15, 0.2) is 48.8 Å². The smallest absolute Gasteiger partial charge is 0.368 e. The molecule has 1 amide bonds. The minimum absolute atomic E-state index is 0.238. The number of pyridine rings is 1. The normalized spacial score (nSPS) is 15.5. The van der Waals surface area contributed by atoms with E-state index in [1.54, 1.807) is 17.3 Å². The van der Waals surface area contributed by atoms with Crippen LogP contribution in [0.5, 0.6) is 0 Å². The third kappa shape index (κ3) is 3.50. The van der Waals surface area contributed by atoms with Gasteiger partial charge < -0.3 is 9.80 Å². The molecule has 2 aromatic rings. The molecule has 4 nitrogen and oxygen atoms in total. The van der Waals surface area contributed by atoms with E-state index in [1.807, 2.05) is 12.1 Å². The van der Waals surface area contributed by atoms with Crippen molar-refractivity contribution in [2.24, 2.45) is 0 Å². The van der Waals surface area contributed by atoms with Crippen molar-refractivity contribution in [3.05, 3.63) is 59.9 Å². The quantitative estimate of drug-likeness (QED) is 0.846. The molecule has 2 heterocycles. The molecule has 1 aliphatic rings. The number of hydrogen-bond donors (Lipinski definition) is 0. The topological polar surface area (TPSA) is 36.4 Å². The molecule has 0 saturated carbocycles. The first-order chi connectivity index (χ1) is 11.4. The standard InChI is InChI=1S/C17H16F3N3O/c18-17(19,20)14-3-1-13(2-4-14)16(24)23-11-9-22(10-12-23)15-5-7-21-8-6-15/h1-8H,9-12H2. The molecular weight excluding hydrogens is 319 g/mol. The molecular formula is C17H16F3N3O. The second-order valence-corrected chi connectivity index (χ2v) is 5.56. The van der Waals surface area contributed by atoms with Gasteiger partial charge in [0.1, 0.15) is 0 Å². The lowest BCUT2D eigenvalue weighted by Crippen LogP contribution is -2.48. The van der Waals surface area contributed by atoms with E-state index < -0.39 is 11.7 Å². The van der Waals surface area contributed by atoms with Gasteiger partial charge in [0.15, 0.2) is 0 Å². The fourth-order valence-corrected chi connectivity index (χ4v) is 2.71. The third-order valence-corrected chi connectivity index (χ3v) is 4.05. The fraction of sp³-hybridized carbons (Fsp3) is 0.294. The molecule has 3 rings (SSSR count). The van der Waals surface area contributed by atoms with E-state index in [0.29, 0.717) is 26.2 Å². The number of amides is 1. The molecule has 0 aliphatic carbocycles. The second kappa shape index (κ2) is 6.51. The van der Waals surface area contributed by atoms with Crippen LogP contribution in [0.4, 0.5) is 18.9 Å². The molecule has 0 radical (unpaired) electrons. The number of nitrogens with zero attached hydrogens (tertiary/aromatic N) is 3. The first kappa shape index (κ1) is 16.3. The van der Waals surface area contributed by atoms with Gasteiger partial charge in [0.2, 0.25) is 0 Å². The van der Waals surface area contributed by atoms with Crippen molar-refractivity contribution < 1.29 is 18.0 Å². The summed E-state index contributed by atoms with van der Waals surface area (Å²) in [7, 11) is 0. The van der Waals surface area contributed by atoms with Crippen molar-refractivity contribution in [1.82, 2.24) is 9.88 Å². The predicted octanol–water partition coefficient (Wildman–Crippen LogP) is 3.06. The van der Waals surface area contributed by atoms with Gasteiger partial charge in [0.25, 0.3) is 5.91 Å². The molecule has 1 aliphatic heterocycles. The van der Waals surface area contributed by atoms with Crippen molar-refractivity contribution in [2.75, 3.05) is 31.1 Å². The summed E-state index contributed by atoms with van der Waals surface area (Å²) in [5, 5.41) is 0. The Morgan fingerprint density at radius 1 is 0.917 bits per heavy atom. The zero-order chi connectivity index (χ0) is 17.2. The monoisotopic (exact) mass is 335 g/mol. The highest BCUT2D eigenvalue weighted by atomic mass is 19.4. The Bertz CT molecular complexity index is 693. The van der Waals surface area contributed by atoms with Crippen LogP contribution in [0.2, 0.25) is 0 Å². The van der Waals surface area contributed by atoms with Gasteiger partial charge in [0, 0.05) is 49.8 Å². The Kier molecular flexibility index (Phi) is 4.42. The van der Waals surface area contributed by atoms with Gasteiger partial charge >= 0.3 is 6.18 Å². The van der Waals surface area contributed by atoms with Crippen LogP contribution in [0.3, 0.4) is 0 Å². The highest BCUT2D eigenvalue weighted by Gasteiger charge is 2.30. The van der Waals surface area contributed by atoms with Crippen molar-refractivity contribution in [1.29, 1.82) is 0 Å². The van der Waals surface area contributed by atoms with Crippen LogP contribution >= 0.6 is 0 Å². The lowest BCUT2D eigenvalue weighted by atomic mass is 10.1. The zero-order valence-corrected chi connectivity index (χ0v) is 12.8. The van der Waals surface area contributed by atoms with E-state index in [-0.39, 0.29) is 11.5 Å². The number of halogens is 3. The van der Waals surface area contributed by atoms with Crippen molar-refractivity contribution in [3.63, 3.8) is 0 Å². The van der Waals surface area contributed by atoms with E-state index in [2.05, 4.69) is 9.88 Å². The summed E-state index contributed by atoms with van der Waals surface area (Å²) in [6.07, 6.45) is -0.956. The minimum Gasteiger partial charge on any atom is -0.368 e. The Labute approximate surface area is 137 Å². The lowest BCUT2D eigenvalue weighted by Gasteiger charge is -2.36. The Hall–Kier alpha value is -2.57. The van der Waals surface area contributed by atoms with Crippen LogP contribution in [0.1, 0.15) is 15.9 Å². The molecule has 0 N–H and O–H groups in total. The number of piperazine rings is 1. The van der Waals surface area contributed by atoms with Crippen molar-refractivity contribution >= 4 is 11.6 Å². The molecule has 0 atom stereocenters. The maximum atomic E-state index is 12.6. The predicted molar refractivity (Wildman–Crippen MR) is 83.8 cm³/mol. The van der Waals surface area contributed by atoms with Crippen LogP contribution in [0, 0.1) is 0 Å². The number of rotatable bonds is 2. The number of alkyl halides is 3. The molecule has 7 heteroatoms. The second-order valence-electron chi connectivity index (χ2n) is 5.56. The largest absolute Gasteiger partial charge is 0.416 e. The summed E-state index contributed by atoms with van der Waals surface area (Å²) in [4.78, 5) is 20.2. The van der Waals surface area contributed by atoms with Gasteiger partial charge in [-0.3, -0.25) is 9.78 Å². The van der Waals surface area contributed by atoms with Gasteiger partial charge in [-0.05, 0) is 36.4 Å². The number of benzene rings is 1. The molecule has 1 aromatic carbocycles. The Morgan fingerprint density at radius 2 is 1.50 bits per heavy atom. The molecule has 24 heavy (non-hydrogen) atoms. The first-order valence-corrected chi connectivity index (χ1v) is 7.56. The SMILES string of the molecule is O=C(c1ccc(C(F)(F)F)cc1)N1CCN(c2ccncc2)CC1. The Balaban J connectivity index is 1.63. The highest BCUT2D eigenvalue weighted by molar-refractivity contribution is 5.94. The maximum absolute atomic E-state index is 12.6. The summed E-state index contributed by atoms with van der Waals surface area (Å²) in [6.45, 7) is 2.41. The molecule has 0 spiro atoms. The maximum Gasteiger partial charge on any atom is 0.416 e. The number of aromatic nitrogens is 1. The number of hydrogen-bond acceptors (Lipinski definition) is 3. The Morgan fingerprint density at radius 3 is 2.04 bits per heavy atom. The van der Waals surface area contributed by atoms with Crippen molar-refractivity contribution in [2.45, 2.75) is 6.18 Å². The number of anilines is 1. The number of carbonyl (C=O) groups excluding carboxylic acids is 1. The van der Waals surface area contributed by atoms with Gasteiger partial charge in [-0.25, -0.2) is 0 Å². The van der Waals surface area contributed by atoms with Crippen LogP contribution in [-0.2, 0) is 6.18 Å². The van der Waals surface area contributed by atoms with E-state index in [4.69, 9.17) is 0 Å². The molecule has 1 saturated heterocycles. The molecule has 1 aromatic heterocycles. The molecule has 1 fully saturated rings. The van der Waals surface area contributed by atoms with Crippen LogP contribution < -0.4 is 4.90 Å². The number of carbonyl (C=O) groups is 1. The average molecular weight is 335 g/mol. The summed E-state index contributed by atoms with van der Waals surface area (Å²) in [6, 6.07) is 8.18. The van der Waals surface area contributed by atoms with Crippen LogP contribution in [-0.4, -0.2) is 42.0 Å². The first-order valence-electron chi connectivity index (χ1n) is 7.56. The van der Waals surface area contributed by atoms with E-state index >= 15 is 0 Å². The van der Waals surface area contributed by atoms with Gasteiger partial charge in [-0.15, -0.1) is 0 Å². The minimum atomic E-state index is -4.39. The highest BCUT2D eigenvalue weighted by Crippen LogP contribution is 2.29. The summed E-state index contributed by atoms with van der Waals surface area (Å²) in [5.41, 5.74) is 0.577. The molecule has 0 bridgehead atoms. The third-order valence-electron chi connectivity index (χ3n) is 4.05. The van der Waals surface area contributed by atoms with Gasteiger partial charge in [-0.1, -0.05) is 0 Å². The molecule has 0 unspecified atom stereocenters. The zero-order valence-electron chi connectivity index (χ0n) is 12.8. The summed E-state index contributed by atoms with van der Waals surface area (Å²) < 4.78 is 37.7. The van der Waals surface area contributed by atoms with E-state index in [0.717, 1.165) is 17.8 Å². The van der Waals surface area contributed by atoms with Gasteiger partial charge in [-0.2, -0.15) is 13.2 Å². The fourth-order valence-electron chi connectivity index (χ4n) is 2.71. The summed E-state index contributed by atoms with van der Waals surface area (Å²) >= 11 is 0.